The van der Waals surface area contributed by atoms with Gasteiger partial charge in [0, 0.05) is 18.5 Å². The topological polar surface area (TPSA) is 75.9 Å². The van der Waals surface area contributed by atoms with Crippen LogP contribution in [0.4, 0.5) is 11.6 Å². The number of nitrogen functional groups attached to an aromatic ring is 1. The van der Waals surface area contributed by atoms with Crippen LogP contribution in [-0.2, 0) is 0 Å². The second-order valence-electron chi connectivity index (χ2n) is 5.80. The maximum Gasteiger partial charge on any atom is 0.145 e. The molecule has 0 radical (unpaired) electrons. The Morgan fingerprint density at radius 1 is 1.05 bits per heavy atom. The fourth-order valence-corrected chi connectivity index (χ4v) is 2.79. The van der Waals surface area contributed by atoms with Crippen molar-refractivity contribution >= 4 is 11.6 Å². The Morgan fingerprint density at radius 3 is 2.47 bits per heavy atom. The van der Waals surface area contributed by atoms with E-state index in [9.17, 15) is 0 Å². The highest BCUT2D eigenvalue weighted by atomic mass is 15.3. The van der Waals surface area contributed by atoms with E-state index < -0.39 is 0 Å². The van der Waals surface area contributed by atoms with Gasteiger partial charge in [0.15, 0.2) is 0 Å². The zero-order chi connectivity index (χ0) is 13.1. The third-order valence-corrected chi connectivity index (χ3v) is 4.13. The third kappa shape index (κ3) is 3.35. The molecule has 104 valence electrons. The van der Waals surface area contributed by atoms with E-state index in [1.165, 1.54) is 44.9 Å². The number of nitrogens with zero attached hydrogens (tertiary/aromatic N) is 2. The quantitative estimate of drug-likeness (QED) is 0.561. The fraction of sp³-hybridized carbons (Fsp3) is 0.714. The average Bonchev–Trinajstić information content (AvgIpc) is 3.30. The number of nitrogens with two attached hydrogens (primary N) is 1. The van der Waals surface area contributed by atoms with Crippen LogP contribution in [0.15, 0.2) is 6.07 Å². The number of hydrazine groups is 1. The lowest BCUT2D eigenvalue weighted by atomic mass is 9.89. The van der Waals surface area contributed by atoms with Crippen molar-refractivity contribution in [2.24, 2.45) is 11.8 Å². The van der Waals surface area contributed by atoms with E-state index in [1.807, 2.05) is 6.07 Å². The van der Waals surface area contributed by atoms with Crippen LogP contribution in [0.2, 0.25) is 0 Å². The molecular weight excluding hydrogens is 238 g/mol. The first kappa shape index (κ1) is 12.7. The van der Waals surface area contributed by atoms with Gasteiger partial charge in [0.1, 0.15) is 17.5 Å². The number of hydrogen-bond acceptors (Lipinski definition) is 5. The van der Waals surface area contributed by atoms with E-state index in [-0.39, 0.29) is 0 Å². The Labute approximate surface area is 114 Å². The summed E-state index contributed by atoms with van der Waals surface area (Å²) in [7, 11) is 0. The Morgan fingerprint density at radius 2 is 1.79 bits per heavy atom. The average molecular weight is 261 g/mol. The third-order valence-electron chi connectivity index (χ3n) is 4.13. The summed E-state index contributed by atoms with van der Waals surface area (Å²) in [6.45, 7) is 1.02. The van der Waals surface area contributed by atoms with Gasteiger partial charge >= 0.3 is 0 Å². The molecule has 0 spiro atoms. The predicted molar refractivity (Wildman–Crippen MR) is 76.9 cm³/mol. The van der Waals surface area contributed by atoms with E-state index in [1.54, 1.807) is 0 Å². The number of nitrogens with one attached hydrogen (secondary N) is 2. The SMILES string of the molecule is NNc1cc(NCC2CCCCC2)nc(C2CC2)n1. The molecule has 0 aromatic carbocycles. The second kappa shape index (κ2) is 5.74. The van der Waals surface area contributed by atoms with E-state index in [0.29, 0.717) is 11.7 Å². The number of aromatic nitrogens is 2. The number of hydrogen-bond donors (Lipinski definition) is 3. The largest absolute Gasteiger partial charge is 0.370 e. The molecule has 1 aromatic rings. The summed E-state index contributed by atoms with van der Waals surface area (Å²) in [5, 5.41) is 3.47. The molecule has 2 saturated carbocycles. The summed E-state index contributed by atoms with van der Waals surface area (Å²) in [5.74, 6) is 9.37. The first-order valence-electron chi connectivity index (χ1n) is 7.44. The maximum absolute atomic E-state index is 5.48. The van der Waals surface area contributed by atoms with E-state index in [2.05, 4.69) is 20.7 Å². The monoisotopic (exact) mass is 261 g/mol. The van der Waals surface area contributed by atoms with Crippen LogP contribution in [-0.4, -0.2) is 16.5 Å². The minimum atomic E-state index is 0.545. The van der Waals surface area contributed by atoms with Crippen LogP contribution in [0.5, 0.6) is 0 Å². The van der Waals surface area contributed by atoms with E-state index in [4.69, 9.17) is 5.84 Å². The van der Waals surface area contributed by atoms with Crippen molar-refractivity contribution in [2.75, 3.05) is 17.3 Å². The number of anilines is 2. The van der Waals surface area contributed by atoms with Gasteiger partial charge < -0.3 is 10.7 Å². The molecule has 3 rings (SSSR count). The maximum atomic E-state index is 5.48. The molecule has 1 aromatic heterocycles. The first-order valence-corrected chi connectivity index (χ1v) is 7.44. The molecule has 4 N–H and O–H groups in total. The van der Waals surface area contributed by atoms with Gasteiger partial charge in [0.25, 0.3) is 0 Å². The van der Waals surface area contributed by atoms with Gasteiger partial charge in [-0.1, -0.05) is 19.3 Å². The van der Waals surface area contributed by atoms with Crippen molar-refractivity contribution in [3.8, 4) is 0 Å². The molecule has 0 saturated heterocycles. The molecule has 2 aliphatic carbocycles. The molecule has 5 nitrogen and oxygen atoms in total. The summed E-state index contributed by atoms with van der Waals surface area (Å²) in [4.78, 5) is 9.03. The summed E-state index contributed by atoms with van der Waals surface area (Å²) in [6.07, 6.45) is 9.24. The molecule has 19 heavy (non-hydrogen) atoms. The fourth-order valence-electron chi connectivity index (χ4n) is 2.79. The van der Waals surface area contributed by atoms with Gasteiger partial charge in [-0.15, -0.1) is 0 Å². The van der Waals surface area contributed by atoms with Gasteiger partial charge in [-0.25, -0.2) is 15.8 Å². The highest BCUT2D eigenvalue weighted by molar-refractivity contribution is 5.47. The van der Waals surface area contributed by atoms with E-state index in [0.717, 1.165) is 24.1 Å². The highest BCUT2D eigenvalue weighted by Crippen LogP contribution is 2.38. The molecule has 0 amide bonds. The minimum absolute atomic E-state index is 0.545. The van der Waals surface area contributed by atoms with Crippen molar-refractivity contribution in [2.45, 2.75) is 50.9 Å². The lowest BCUT2D eigenvalue weighted by Crippen LogP contribution is -2.18. The Hall–Kier alpha value is -1.36. The van der Waals surface area contributed by atoms with Crippen molar-refractivity contribution in [1.82, 2.24) is 9.97 Å². The van der Waals surface area contributed by atoms with E-state index >= 15 is 0 Å². The van der Waals surface area contributed by atoms with Crippen molar-refractivity contribution < 1.29 is 0 Å². The van der Waals surface area contributed by atoms with Gasteiger partial charge in [-0.2, -0.15) is 0 Å². The van der Waals surface area contributed by atoms with Crippen molar-refractivity contribution in [3.63, 3.8) is 0 Å². The van der Waals surface area contributed by atoms with Crippen LogP contribution in [0.3, 0.4) is 0 Å². The van der Waals surface area contributed by atoms with Crippen LogP contribution in [0, 0.1) is 5.92 Å². The van der Waals surface area contributed by atoms with Gasteiger partial charge in [-0.3, -0.25) is 0 Å². The molecule has 0 unspecified atom stereocenters. The molecule has 0 atom stereocenters. The molecule has 2 aliphatic rings. The molecular formula is C14H23N5. The zero-order valence-corrected chi connectivity index (χ0v) is 11.4. The summed E-state index contributed by atoms with van der Waals surface area (Å²) < 4.78 is 0. The lowest BCUT2D eigenvalue weighted by Gasteiger charge is -2.22. The first-order chi connectivity index (χ1) is 9.35. The van der Waals surface area contributed by atoms with Gasteiger partial charge in [0.2, 0.25) is 0 Å². The summed E-state index contributed by atoms with van der Waals surface area (Å²) >= 11 is 0. The van der Waals surface area contributed by atoms with Crippen LogP contribution >= 0.6 is 0 Å². The van der Waals surface area contributed by atoms with Crippen LogP contribution in [0.1, 0.15) is 56.7 Å². The lowest BCUT2D eigenvalue weighted by molar-refractivity contribution is 0.373. The second-order valence-corrected chi connectivity index (χ2v) is 5.80. The van der Waals surface area contributed by atoms with Crippen LogP contribution in [0.25, 0.3) is 0 Å². The van der Waals surface area contributed by atoms with Gasteiger partial charge in [0.05, 0.1) is 0 Å². The molecule has 1 heterocycles. The van der Waals surface area contributed by atoms with Gasteiger partial charge in [-0.05, 0) is 31.6 Å². The smallest absolute Gasteiger partial charge is 0.145 e. The molecule has 2 fully saturated rings. The molecule has 5 heteroatoms. The Bertz CT molecular complexity index is 424. The summed E-state index contributed by atoms with van der Waals surface area (Å²) in [5.41, 5.74) is 2.64. The summed E-state index contributed by atoms with van der Waals surface area (Å²) in [6, 6.07) is 1.90. The zero-order valence-electron chi connectivity index (χ0n) is 11.4. The molecule has 0 bridgehead atoms. The Balaban J connectivity index is 1.63. The molecule has 0 aliphatic heterocycles. The highest BCUT2D eigenvalue weighted by Gasteiger charge is 2.27. The van der Waals surface area contributed by atoms with Crippen molar-refractivity contribution in [1.29, 1.82) is 0 Å². The van der Waals surface area contributed by atoms with Crippen LogP contribution < -0.4 is 16.6 Å². The predicted octanol–water partition coefficient (Wildman–Crippen LogP) is 2.63. The standard InChI is InChI=1S/C14H23N5/c15-19-13-8-12(17-14(18-13)11-6-7-11)16-9-10-4-2-1-3-5-10/h8,10-11H,1-7,9,15H2,(H2,16,17,18,19). The number of rotatable bonds is 5. The Kier molecular flexibility index (Phi) is 3.82. The minimum Gasteiger partial charge on any atom is -0.370 e. The van der Waals surface area contributed by atoms with Crippen molar-refractivity contribution in [3.05, 3.63) is 11.9 Å². The normalized spacial score (nSPS) is 20.3.